The Bertz CT molecular complexity index is 377. The van der Waals surface area contributed by atoms with Gasteiger partial charge < -0.3 is 20.9 Å². The van der Waals surface area contributed by atoms with Crippen LogP contribution in [0.15, 0.2) is 0 Å². The van der Waals surface area contributed by atoms with Gasteiger partial charge >= 0.3 is 0 Å². The van der Waals surface area contributed by atoms with Crippen molar-refractivity contribution in [2.24, 2.45) is 0 Å². The summed E-state index contributed by atoms with van der Waals surface area (Å²) in [5.41, 5.74) is 5.00. The van der Waals surface area contributed by atoms with Crippen molar-refractivity contribution in [2.75, 3.05) is 30.9 Å². The first-order valence-electron chi connectivity index (χ1n) is 5.27. The lowest BCUT2D eigenvalue weighted by Gasteiger charge is -2.36. The molecular weight excluding hydrogens is 246 g/mol. The average Bonchev–Trinajstić information content (AvgIpc) is 2.29. The fourth-order valence-corrected chi connectivity index (χ4v) is 1.91. The van der Waals surface area contributed by atoms with E-state index >= 15 is 0 Å². The fourth-order valence-electron chi connectivity index (χ4n) is 1.74. The molecule has 1 aromatic heterocycles. The number of anilines is 2. The van der Waals surface area contributed by atoms with E-state index in [-0.39, 0.29) is 23.8 Å². The third kappa shape index (κ3) is 2.93. The Morgan fingerprint density at radius 2 is 2.06 bits per heavy atom. The molecule has 2 rings (SSSR count). The van der Waals surface area contributed by atoms with Crippen molar-refractivity contribution >= 4 is 23.5 Å². The van der Waals surface area contributed by atoms with E-state index in [4.69, 9.17) is 22.1 Å². The van der Waals surface area contributed by atoms with Crippen LogP contribution < -0.4 is 11.1 Å². The summed E-state index contributed by atoms with van der Waals surface area (Å²) < 4.78 is 5.26. The minimum absolute atomic E-state index is 0.0279. The van der Waals surface area contributed by atoms with Crippen LogP contribution in [0, 0.1) is 0 Å². The Kier molecular flexibility index (Phi) is 3.60. The van der Waals surface area contributed by atoms with E-state index in [2.05, 4.69) is 20.3 Å². The molecule has 1 aliphatic rings. The predicted molar refractivity (Wildman–Crippen MR) is 62.7 cm³/mol. The van der Waals surface area contributed by atoms with Crippen molar-refractivity contribution in [2.45, 2.75) is 18.4 Å². The van der Waals surface area contributed by atoms with Gasteiger partial charge in [0.15, 0.2) is 0 Å². The molecule has 4 N–H and O–H groups in total. The Labute approximate surface area is 103 Å². The normalized spacial score (nSPS) is 18.9. The molecule has 0 saturated carbocycles. The molecule has 2 heterocycles. The monoisotopic (exact) mass is 259 g/mol. The van der Waals surface area contributed by atoms with Gasteiger partial charge in [-0.25, -0.2) is 0 Å². The van der Waals surface area contributed by atoms with Gasteiger partial charge in [0.25, 0.3) is 0 Å². The number of rotatable bonds is 3. The minimum atomic E-state index is -0.477. The molecule has 0 atom stereocenters. The number of aliphatic hydroxyl groups excluding tert-OH is 1. The number of nitrogen functional groups attached to an aromatic ring is 1. The highest BCUT2D eigenvalue weighted by molar-refractivity contribution is 6.28. The largest absolute Gasteiger partial charge is 0.394 e. The maximum atomic E-state index is 9.49. The number of nitrogens with zero attached hydrogens (tertiary/aromatic N) is 3. The summed E-state index contributed by atoms with van der Waals surface area (Å²) in [5.74, 6) is 0.325. The topological polar surface area (TPSA) is 106 Å². The summed E-state index contributed by atoms with van der Waals surface area (Å²) in [4.78, 5) is 11.5. The van der Waals surface area contributed by atoms with Crippen LogP contribution in [0.2, 0.25) is 5.28 Å². The molecule has 0 unspecified atom stereocenters. The van der Waals surface area contributed by atoms with Gasteiger partial charge in [0, 0.05) is 13.2 Å². The van der Waals surface area contributed by atoms with Crippen LogP contribution in [0.25, 0.3) is 0 Å². The molecule has 1 aromatic rings. The molecule has 1 aliphatic heterocycles. The molecule has 94 valence electrons. The van der Waals surface area contributed by atoms with Crippen LogP contribution in [-0.2, 0) is 4.74 Å². The first kappa shape index (κ1) is 12.3. The second-order valence-corrected chi connectivity index (χ2v) is 4.30. The lowest BCUT2D eigenvalue weighted by molar-refractivity contribution is 0.0377. The van der Waals surface area contributed by atoms with Gasteiger partial charge in [0.05, 0.1) is 12.1 Å². The Hall–Kier alpha value is -1.18. The predicted octanol–water partition coefficient (Wildman–Crippen LogP) is 0.0606. The summed E-state index contributed by atoms with van der Waals surface area (Å²) in [5, 5.41) is 12.6. The Morgan fingerprint density at radius 3 is 2.65 bits per heavy atom. The maximum absolute atomic E-state index is 9.49. The van der Waals surface area contributed by atoms with Gasteiger partial charge in [-0.15, -0.1) is 0 Å². The summed E-state index contributed by atoms with van der Waals surface area (Å²) in [6, 6.07) is 0. The first-order valence-corrected chi connectivity index (χ1v) is 5.65. The van der Waals surface area contributed by atoms with Gasteiger partial charge in [-0.3, -0.25) is 0 Å². The number of hydrogen-bond acceptors (Lipinski definition) is 7. The van der Waals surface area contributed by atoms with E-state index in [1.54, 1.807) is 0 Å². The highest BCUT2D eigenvalue weighted by Gasteiger charge is 2.32. The van der Waals surface area contributed by atoms with E-state index in [9.17, 15) is 5.11 Å². The highest BCUT2D eigenvalue weighted by Crippen LogP contribution is 2.24. The Morgan fingerprint density at radius 1 is 1.35 bits per heavy atom. The molecular formula is C9H14ClN5O2. The zero-order valence-corrected chi connectivity index (χ0v) is 9.94. The van der Waals surface area contributed by atoms with E-state index in [1.165, 1.54) is 0 Å². The van der Waals surface area contributed by atoms with Crippen molar-refractivity contribution in [3.05, 3.63) is 5.28 Å². The summed E-state index contributed by atoms with van der Waals surface area (Å²) in [7, 11) is 0. The zero-order valence-electron chi connectivity index (χ0n) is 9.19. The molecule has 0 radical (unpaired) electrons. The zero-order chi connectivity index (χ0) is 12.3. The summed E-state index contributed by atoms with van der Waals surface area (Å²) in [6.07, 6.45) is 1.35. The van der Waals surface area contributed by atoms with Gasteiger partial charge in [-0.05, 0) is 24.4 Å². The standard InChI is InChI=1S/C9H14ClN5O2/c10-6-12-7(11)14-8(13-6)15-9(5-16)1-3-17-4-2-9/h16H,1-5H2,(H3,11,12,13,14,15). The molecule has 8 heteroatoms. The third-order valence-corrected chi connectivity index (χ3v) is 2.92. The molecule has 0 bridgehead atoms. The molecule has 1 saturated heterocycles. The van der Waals surface area contributed by atoms with E-state index < -0.39 is 5.54 Å². The van der Waals surface area contributed by atoms with Crippen LogP contribution in [0.5, 0.6) is 0 Å². The SMILES string of the molecule is Nc1nc(Cl)nc(NC2(CO)CCOCC2)n1. The molecule has 7 nitrogen and oxygen atoms in total. The first-order chi connectivity index (χ1) is 8.13. The fraction of sp³-hybridized carbons (Fsp3) is 0.667. The van der Waals surface area contributed by atoms with Crippen molar-refractivity contribution in [3.63, 3.8) is 0 Å². The molecule has 0 aromatic carbocycles. The number of aromatic nitrogens is 3. The Balaban J connectivity index is 2.17. The van der Waals surface area contributed by atoms with E-state index in [0.717, 1.165) is 0 Å². The molecule has 17 heavy (non-hydrogen) atoms. The van der Waals surface area contributed by atoms with E-state index in [0.29, 0.717) is 26.1 Å². The summed E-state index contributed by atoms with van der Waals surface area (Å²) in [6.45, 7) is 1.14. The van der Waals surface area contributed by atoms with Gasteiger partial charge in [-0.2, -0.15) is 15.0 Å². The molecule has 0 amide bonds. The van der Waals surface area contributed by atoms with Gasteiger partial charge in [-0.1, -0.05) is 0 Å². The van der Waals surface area contributed by atoms with Gasteiger partial charge in [0.2, 0.25) is 17.2 Å². The quantitative estimate of drug-likeness (QED) is 0.705. The molecule has 0 spiro atoms. The highest BCUT2D eigenvalue weighted by atomic mass is 35.5. The van der Waals surface area contributed by atoms with Crippen molar-refractivity contribution < 1.29 is 9.84 Å². The second kappa shape index (κ2) is 4.99. The van der Waals surface area contributed by atoms with Crippen LogP contribution >= 0.6 is 11.6 Å². The molecule has 1 fully saturated rings. The van der Waals surface area contributed by atoms with Crippen molar-refractivity contribution in [1.29, 1.82) is 0 Å². The number of ether oxygens (including phenoxy) is 1. The maximum Gasteiger partial charge on any atom is 0.229 e. The van der Waals surface area contributed by atoms with Crippen LogP contribution in [0.4, 0.5) is 11.9 Å². The van der Waals surface area contributed by atoms with Crippen molar-refractivity contribution in [1.82, 2.24) is 15.0 Å². The van der Waals surface area contributed by atoms with Crippen molar-refractivity contribution in [3.8, 4) is 0 Å². The van der Waals surface area contributed by atoms with Crippen LogP contribution in [0.3, 0.4) is 0 Å². The summed E-state index contributed by atoms with van der Waals surface area (Å²) >= 11 is 5.69. The smallest absolute Gasteiger partial charge is 0.229 e. The average molecular weight is 260 g/mol. The number of hydrogen-bond donors (Lipinski definition) is 3. The number of nitrogens with one attached hydrogen (secondary N) is 1. The van der Waals surface area contributed by atoms with E-state index in [1.807, 2.05) is 0 Å². The molecule has 0 aliphatic carbocycles. The van der Waals surface area contributed by atoms with Gasteiger partial charge in [0.1, 0.15) is 0 Å². The minimum Gasteiger partial charge on any atom is -0.394 e. The third-order valence-electron chi connectivity index (χ3n) is 2.75. The van der Waals surface area contributed by atoms with Crippen LogP contribution in [0.1, 0.15) is 12.8 Å². The number of halogens is 1. The lowest BCUT2D eigenvalue weighted by atomic mass is 9.91. The van der Waals surface area contributed by atoms with Crippen LogP contribution in [-0.4, -0.2) is 45.4 Å². The number of nitrogens with two attached hydrogens (primary N) is 1. The lowest BCUT2D eigenvalue weighted by Crippen LogP contribution is -2.47. The number of aliphatic hydroxyl groups is 1. The second-order valence-electron chi connectivity index (χ2n) is 3.96.